The zero-order valence-electron chi connectivity index (χ0n) is 33.9. The van der Waals surface area contributed by atoms with E-state index in [1.807, 2.05) is 0 Å². The molecule has 2 bridgehead atoms. The number of fused-ring (bicyclic) bond motifs is 5. The molecule has 5 aliphatic rings. The summed E-state index contributed by atoms with van der Waals surface area (Å²) in [5.74, 6) is -5.69. The molecule has 1 heterocycles. The van der Waals surface area contributed by atoms with Crippen LogP contribution in [0.4, 0.5) is 4.79 Å². The van der Waals surface area contributed by atoms with Crippen molar-refractivity contribution in [3.63, 3.8) is 0 Å². The van der Waals surface area contributed by atoms with Gasteiger partial charge in [-0.2, -0.15) is 0 Å². The van der Waals surface area contributed by atoms with Crippen molar-refractivity contribution in [2.75, 3.05) is 20.3 Å². The fourth-order valence-electron chi connectivity index (χ4n) is 10.8. The number of nitrogens with one attached hydrogen (secondary N) is 1. The van der Waals surface area contributed by atoms with Gasteiger partial charge in [-0.15, -0.1) is 0 Å². The van der Waals surface area contributed by atoms with E-state index in [4.69, 9.17) is 23.7 Å². The van der Waals surface area contributed by atoms with Crippen LogP contribution >= 0.6 is 0 Å². The molecule has 328 valence electrons. The van der Waals surface area contributed by atoms with Gasteiger partial charge in [0.05, 0.1) is 42.5 Å². The first-order valence-electron chi connectivity index (χ1n) is 19.9. The molecule has 6 rings (SSSR count). The van der Waals surface area contributed by atoms with Crippen molar-refractivity contribution in [3.05, 3.63) is 47.0 Å². The van der Waals surface area contributed by atoms with Gasteiger partial charge < -0.3 is 69.9 Å². The summed E-state index contributed by atoms with van der Waals surface area (Å²) in [6.45, 7) is 6.17. The molecule has 16 atom stereocenters. The number of hydrogen-bond donors (Lipinski definition) is 9. The van der Waals surface area contributed by atoms with Crippen LogP contribution in [0.3, 0.4) is 0 Å². The van der Waals surface area contributed by atoms with E-state index in [2.05, 4.69) is 5.32 Å². The minimum absolute atomic E-state index is 0.0264. The molecule has 1 aromatic rings. The lowest BCUT2D eigenvalue weighted by Crippen LogP contribution is -2.75. The SMILES string of the molecule is COC(=O)NC(c1ccccc1)C(O)C(=O)OC1CC2(O)C(C)C3[C@](C)(C(=O)C(OC(=O)COC4OC(CO)C(O)C(O)C4O)C(=C1C)C2(C)C)C(O)C[C@H]1CC[C@@]31O. The van der Waals surface area contributed by atoms with Gasteiger partial charge in [0.25, 0.3) is 0 Å². The van der Waals surface area contributed by atoms with Gasteiger partial charge in [0.15, 0.2) is 24.3 Å². The molecule has 1 amide bonds. The molecule has 4 aliphatic carbocycles. The lowest BCUT2D eigenvalue weighted by Gasteiger charge is -2.68. The second-order valence-electron chi connectivity index (χ2n) is 17.5. The smallest absolute Gasteiger partial charge is 0.407 e. The van der Waals surface area contributed by atoms with E-state index in [0.29, 0.717) is 12.0 Å². The Morgan fingerprint density at radius 3 is 2.25 bits per heavy atom. The number of benzene rings is 1. The fourth-order valence-corrected chi connectivity index (χ4v) is 10.8. The molecule has 4 fully saturated rings. The van der Waals surface area contributed by atoms with Crippen molar-refractivity contribution in [1.29, 1.82) is 0 Å². The number of amides is 1. The number of methoxy groups -OCH3 is 1. The van der Waals surface area contributed by atoms with Gasteiger partial charge in [-0.25, -0.2) is 14.4 Å². The number of alkyl carbamates (subject to hydrolysis) is 1. The molecule has 9 N–H and O–H groups in total. The number of ketones is 1. The van der Waals surface area contributed by atoms with Crippen LogP contribution in [0.5, 0.6) is 0 Å². The summed E-state index contributed by atoms with van der Waals surface area (Å²) < 4.78 is 27.4. The van der Waals surface area contributed by atoms with Crippen LogP contribution in [-0.2, 0) is 38.1 Å². The molecule has 1 aromatic carbocycles. The normalized spacial score (nSPS) is 41.1. The monoisotopic (exact) mass is 835 g/mol. The summed E-state index contributed by atoms with van der Waals surface area (Å²) in [5, 5.41) is 91.6. The molecule has 0 aromatic heterocycles. The Balaban J connectivity index is 1.40. The van der Waals surface area contributed by atoms with Crippen molar-refractivity contribution >= 4 is 23.8 Å². The highest BCUT2D eigenvalue weighted by molar-refractivity contribution is 5.95. The third-order valence-corrected chi connectivity index (χ3v) is 14.3. The van der Waals surface area contributed by atoms with Crippen molar-refractivity contribution in [2.24, 2.45) is 28.6 Å². The lowest BCUT2D eigenvalue weighted by atomic mass is 9.39. The minimum atomic E-state index is -2.01. The van der Waals surface area contributed by atoms with E-state index in [1.54, 1.807) is 51.1 Å². The van der Waals surface area contributed by atoms with Crippen LogP contribution in [-0.4, -0.2) is 151 Å². The predicted molar refractivity (Wildman–Crippen MR) is 200 cm³/mol. The number of hydrogen-bond acceptors (Lipinski definition) is 17. The highest BCUT2D eigenvalue weighted by Crippen LogP contribution is 2.67. The van der Waals surface area contributed by atoms with E-state index < -0.39 is 138 Å². The second kappa shape index (κ2) is 16.4. The number of esters is 2. The lowest BCUT2D eigenvalue weighted by molar-refractivity contribution is -0.300. The summed E-state index contributed by atoms with van der Waals surface area (Å²) in [7, 11) is 1.11. The molecular formula is C41H57NO17. The Morgan fingerprint density at radius 1 is 1.00 bits per heavy atom. The number of carbonyl (C=O) groups is 4. The van der Waals surface area contributed by atoms with Gasteiger partial charge in [0.1, 0.15) is 37.1 Å². The molecule has 18 heteroatoms. The highest BCUT2D eigenvalue weighted by atomic mass is 16.7. The molecule has 3 saturated carbocycles. The minimum Gasteiger partial charge on any atom is -0.456 e. The van der Waals surface area contributed by atoms with Crippen LogP contribution in [0.2, 0.25) is 0 Å². The zero-order valence-corrected chi connectivity index (χ0v) is 33.9. The van der Waals surface area contributed by atoms with Gasteiger partial charge in [-0.1, -0.05) is 51.1 Å². The summed E-state index contributed by atoms with van der Waals surface area (Å²) in [6.07, 6.45) is -15.4. The van der Waals surface area contributed by atoms with Gasteiger partial charge in [-0.3, -0.25) is 4.79 Å². The van der Waals surface area contributed by atoms with Gasteiger partial charge in [0.2, 0.25) is 0 Å². The van der Waals surface area contributed by atoms with E-state index in [9.17, 15) is 55.2 Å². The van der Waals surface area contributed by atoms with Gasteiger partial charge in [-0.05, 0) is 61.7 Å². The van der Waals surface area contributed by atoms with Gasteiger partial charge in [0, 0.05) is 17.8 Å². The van der Waals surface area contributed by atoms with Crippen molar-refractivity contribution < 1.29 is 83.7 Å². The Morgan fingerprint density at radius 2 is 1.66 bits per heavy atom. The topological polar surface area (TPSA) is 288 Å². The highest BCUT2D eigenvalue weighted by Gasteiger charge is 2.73. The number of aliphatic hydroxyl groups excluding tert-OH is 6. The van der Waals surface area contributed by atoms with Crippen LogP contribution < -0.4 is 5.32 Å². The average Bonchev–Trinajstić information content (AvgIpc) is 3.20. The second-order valence-corrected chi connectivity index (χ2v) is 17.5. The third kappa shape index (κ3) is 7.28. The first-order chi connectivity index (χ1) is 27.6. The first kappa shape index (κ1) is 45.0. The summed E-state index contributed by atoms with van der Waals surface area (Å²) in [5.41, 5.74) is -6.19. The molecule has 1 saturated heterocycles. The van der Waals surface area contributed by atoms with Crippen molar-refractivity contribution in [1.82, 2.24) is 5.32 Å². The van der Waals surface area contributed by atoms with Crippen LogP contribution in [0.15, 0.2) is 41.5 Å². The molecular weight excluding hydrogens is 778 g/mol. The summed E-state index contributed by atoms with van der Waals surface area (Å²) in [4.78, 5) is 55.3. The van der Waals surface area contributed by atoms with Gasteiger partial charge >= 0.3 is 18.0 Å². The molecule has 0 radical (unpaired) electrons. The maximum absolute atomic E-state index is 15.3. The maximum Gasteiger partial charge on any atom is 0.407 e. The molecule has 59 heavy (non-hydrogen) atoms. The van der Waals surface area contributed by atoms with Crippen molar-refractivity contribution in [3.8, 4) is 0 Å². The molecule has 1 aliphatic heterocycles. The fraction of sp³-hybridized carbons (Fsp3) is 0.707. The molecule has 0 spiro atoms. The number of ether oxygens (including phenoxy) is 5. The number of Topliss-reactive ketones (excluding diaryl/α,β-unsaturated/α-hetero) is 1. The number of aliphatic hydroxyl groups is 8. The van der Waals surface area contributed by atoms with E-state index in [1.165, 1.54) is 13.8 Å². The predicted octanol–water partition coefficient (Wildman–Crippen LogP) is -0.691. The van der Waals surface area contributed by atoms with Crippen LogP contribution in [0.1, 0.15) is 71.9 Å². The van der Waals surface area contributed by atoms with Crippen LogP contribution in [0.25, 0.3) is 0 Å². The average molecular weight is 836 g/mol. The molecule has 13 unspecified atom stereocenters. The Labute approximate surface area is 341 Å². The number of rotatable bonds is 10. The first-order valence-corrected chi connectivity index (χ1v) is 19.9. The quantitative estimate of drug-likeness (QED) is 0.0801. The van der Waals surface area contributed by atoms with E-state index >= 15 is 4.79 Å². The Hall–Kier alpha value is -3.56. The number of carbonyl (C=O) groups excluding carboxylic acids is 4. The zero-order chi connectivity index (χ0) is 43.6. The van der Waals surface area contributed by atoms with E-state index in [0.717, 1.165) is 7.11 Å². The molecule has 18 nitrogen and oxygen atoms in total. The van der Waals surface area contributed by atoms with Crippen LogP contribution in [0, 0.1) is 28.6 Å². The summed E-state index contributed by atoms with van der Waals surface area (Å²) >= 11 is 0. The Kier molecular flexibility index (Phi) is 12.5. The largest absolute Gasteiger partial charge is 0.456 e. The maximum atomic E-state index is 15.3. The Bertz CT molecular complexity index is 1800. The standard InChI is InChI=1S/C41H57NO17/c1-18-22(57-35(51)29(47)27(42-37(52)55-6)20-10-8-7-9-11-20)15-41(54)19(2)33-39(5,24(44)14-21-12-13-40(21,33)53)34(50)32(26(18)38(41,3)4)59-25(45)17-56-36-31(49)30(48)28(46)23(16-43)58-36/h7-11,19,21-24,27-33,36,43-44,46-49,53-54H,12-17H2,1-6H3,(H,42,52)/t19?,21-,22?,23?,24?,27?,28?,29?,30?,31?,32?,33?,36?,39-,40+,41?/m1/s1. The van der Waals surface area contributed by atoms with E-state index in [-0.39, 0.29) is 30.4 Å². The summed E-state index contributed by atoms with van der Waals surface area (Å²) in [6, 6.07) is 6.74. The van der Waals surface area contributed by atoms with Crippen molar-refractivity contribution in [2.45, 2.75) is 133 Å². The third-order valence-electron chi connectivity index (χ3n) is 14.3.